The lowest BCUT2D eigenvalue weighted by atomic mass is 9.97. The minimum Gasteiger partial charge on any atom is -0.340 e. The highest BCUT2D eigenvalue weighted by molar-refractivity contribution is 5.57. The van der Waals surface area contributed by atoms with Crippen molar-refractivity contribution in [2.75, 3.05) is 24.5 Å². The summed E-state index contributed by atoms with van der Waals surface area (Å²) in [6, 6.07) is 4.95. The van der Waals surface area contributed by atoms with Crippen LogP contribution in [0.1, 0.15) is 18.4 Å². The highest BCUT2D eigenvalue weighted by atomic mass is 19.1. The van der Waals surface area contributed by atoms with E-state index in [1.54, 1.807) is 19.1 Å². The van der Waals surface area contributed by atoms with Gasteiger partial charge in [0.1, 0.15) is 5.82 Å². The number of aryl methyl sites for hydroxylation is 1. The lowest BCUT2D eigenvalue weighted by Crippen LogP contribution is -2.36. The van der Waals surface area contributed by atoms with Gasteiger partial charge in [-0.05, 0) is 56.0 Å². The van der Waals surface area contributed by atoms with Gasteiger partial charge >= 0.3 is 0 Å². The van der Waals surface area contributed by atoms with Gasteiger partial charge in [-0.15, -0.1) is 5.10 Å². The molecule has 112 valence electrons. The molecule has 0 unspecified atom stereocenters. The summed E-state index contributed by atoms with van der Waals surface area (Å²) >= 11 is 0. The fourth-order valence-corrected chi connectivity index (χ4v) is 2.68. The molecule has 3 N–H and O–H groups in total. The third-order valence-electron chi connectivity index (χ3n) is 4.14. The van der Waals surface area contributed by atoms with E-state index in [1.807, 2.05) is 0 Å². The van der Waals surface area contributed by atoms with Crippen molar-refractivity contribution in [3.63, 3.8) is 0 Å². The van der Waals surface area contributed by atoms with E-state index in [2.05, 4.69) is 20.1 Å². The number of halogens is 1. The topological polar surface area (TPSA) is 70.8 Å². The summed E-state index contributed by atoms with van der Waals surface area (Å²) in [6.07, 6.45) is 2.16. The molecule has 0 amide bonds. The fourth-order valence-electron chi connectivity index (χ4n) is 2.68. The van der Waals surface area contributed by atoms with E-state index >= 15 is 0 Å². The summed E-state index contributed by atoms with van der Waals surface area (Å²) in [6.45, 7) is 4.36. The second-order valence-corrected chi connectivity index (χ2v) is 5.61. The van der Waals surface area contributed by atoms with Crippen molar-refractivity contribution < 1.29 is 4.39 Å². The van der Waals surface area contributed by atoms with Crippen LogP contribution in [0.3, 0.4) is 0 Å². The van der Waals surface area contributed by atoms with Crippen molar-refractivity contribution in [1.29, 1.82) is 0 Å². The molecule has 2 aromatic rings. The Kier molecular flexibility index (Phi) is 3.88. The van der Waals surface area contributed by atoms with Gasteiger partial charge in [-0.3, -0.25) is 5.10 Å². The molecule has 0 aliphatic carbocycles. The van der Waals surface area contributed by atoms with Crippen LogP contribution in [0.2, 0.25) is 0 Å². The number of nitrogens with zero attached hydrogens (tertiary/aromatic N) is 3. The summed E-state index contributed by atoms with van der Waals surface area (Å²) in [5, 5.41) is 7.23. The first-order valence-corrected chi connectivity index (χ1v) is 7.31. The Bertz CT molecular complexity index is 616. The molecular formula is C15H20FN5. The van der Waals surface area contributed by atoms with Gasteiger partial charge in [0.2, 0.25) is 5.95 Å². The summed E-state index contributed by atoms with van der Waals surface area (Å²) in [5.41, 5.74) is 7.16. The van der Waals surface area contributed by atoms with Crippen LogP contribution < -0.4 is 10.6 Å². The van der Waals surface area contributed by atoms with Crippen molar-refractivity contribution in [2.45, 2.75) is 19.8 Å². The third-order valence-corrected chi connectivity index (χ3v) is 4.14. The Morgan fingerprint density at radius 3 is 2.81 bits per heavy atom. The Balaban J connectivity index is 1.76. The van der Waals surface area contributed by atoms with Gasteiger partial charge < -0.3 is 10.6 Å². The standard InChI is InChI=1S/C15H20FN5/c1-10-8-12(2-3-13(10)16)14-18-15(20-19-14)21-6-4-11(9-17)5-7-21/h2-3,8,11H,4-7,9,17H2,1H3,(H,18,19,20). The van der Waals surface area contributed by atoms with Crippen molar-refractivity contribution in [1.82, 2.24) is 15.2 Å². The molecule has 1 aliphatic heterocycles. The monoisotopic (exact) mass is 289 g/mol. The molecule has 0 radical (unpaired) electrons. The number of aromatic amines is 1. The maximum atomic E-state index is 13.3. The minimum atomic E-state index is -0.206. The second-order valence-electron chi connectivity index (χ2n) is 5.61. The zero-order valence-electron chi connectivity index (χ0n) is 12.1. The highest BCUT2D eigenvalue weighted by Gasteiger charge is 2.21. The molecule has 2 heterocycles. The van der Waals surface area contributed by atoms with E-state index in [-0.39, 0.29) is 5.82 Å². The van der Waals surface area contributed by atoms with Gasteiger partial charge in [0.25, 0.3) is 0 Å². The number of benzene rings is 1. The average Bonchev–Trinajstić information content (AvgIpc) is 3.00. The predicted molar refractivity (Wildman–Crippen MR) is 80.5 cm³/mol. The lowest BCUT2D eigenvalue weighted by Gasteiger charge is -2.30. The van der Waals surface area contributed by atoms with Crippen LogP contribution in [0.5, 0.6) is 0 Å². The predicted octanol–water partition coefficient (Wildman–Crippen LogP) is 2.09. The van der Waals surface area contributed by atoms with Crippen LogP contribution in [0, 0.1) is 18.7 Å². The molecule has 0 bridgehead atoms. The molecular weight excluding hydrogens is 269 g/mol. The number of H-pyrrole nitrogens is 1. The summed E-state index contributed by atoms with van der Waals surface area (Å²) < 4.78 is 13.3. The van der Waals surface area contributed by atoms with Crippen molar-refractivity contribution in [3.05, 3.63) is 29.6 Å². The molecule has 21 heavy (non-hydrogen) atoms. The molecule has 0 saturated carbocycles. The maximum Gasteiger partial charge on any atom is 0.245 e. The van der Waals surface area contributed by atoms with Crippen LogP contribution in [0.15, 0.2) is 18.2 Å². The highest BCUT2D eigenvalue weighted by Crippen LogP contribution is 2.23. The molecule has 1 aromatic heterocycles. The van der Waals surface area contributed by atoms with Crippen LogP contribution in [0.4, 0.5) is 10.3 Å². The van der Waals surface area contributed by atoms with E-state index in [9.17, 15) is 4.39 Å². The molecule has 1 fully saturated rings. The molecule has 6 heteroatoms. The zero-order chi connectivity index (χ0) is 14.8. The first-order valence-electron chi connectivity index (χ1n) is 7.31. The van der Waals surface area contributed by atoms with Gasteiger partial charge in [-0.1, -0.05) is 0 Å². The molecule has 1 saturated heterocycles. The Labute approximate surface area is 123 Å². The van der Waals surface area contributed by atoms with Gasteiger partial charge in [0.15, 0.2) is 5.82 Å². The summed E-state index contributed by atoms with van der Waals surface area (Å²) in [4.78, 5) is 6.70. The second kappa shape index (κ2) is 5.81. The first-order chi connectivity index (χ1) is 10.2. The van der Waals surface area contributed by atoms with Gasteiger partial charge in [-0.2, -0.15) is 4.98 Å². The number of hydrogen-bond acceptors (Lipinski definition) is 4. The van der Waals surface area contributed by atoms with Crippen LogP contribution in [-0.4, -0.2) is 34.8 Å². The number of rotatable bonds is 3. The van der Waals surface area contributed by atoms with Crippen LogP contribution in [-0.2, 0) is 0 Å². The quantitative estimate of drug-likeness (QED) is 0.907. The minimum absolute atomic E-state index is 0.206. The number of aromatic nitrogens is 3. The molecule has 0 spiro atoms. The molecule has 3 rings (SSSR count). The Morgan fingerprint density at radius 2 is 2.14 bits per heavy atom. The molecule has 1 aliphatic rings. The average molecular weight is 289 g/mol. The number of hydrogen-bond donors (Lipinski definition) is 2. The smallest absolute Gasteiger partial charge is 0.245 e. The van der Waals surface area contributed by atoms with Crippen molar-refractivity contribution in [3.8, 4) is 11.4 Å². The Hall–Kier alpha value is -1.95. The van der Waals surface area contributed by atoms with Crippen LogP contribution >= 0.6 is 0 Å². The van der Waals surface area contributed by atoms with Crippen LogP contribution in [0.25, 0.3) is 11.4 Å². The summed E-state index contributed by atoms with van der Waals surface area (Å²) in [5.74, 6) is 1.79. The zero-order valence-corrected chi connectivity index (χ0v) is 12.1. The van der Waals surface area contributed by atoms with Crippen molar-refractivity contribution in [2.24, 2.45) is 11.7 Å². The maximum absolute atomic E-state index is 13.3. The van der Waals surface area contributed by atoms with Crippen molar-refractivity contribution >= 4 is 5.95 Å². The van der Waals surface area contributed by atoms with E-state index < -0.39 is 0 Å². The van der Waals surface area contributed by atoms with Gasteiger partial charge in [-0.25, -0.2) is 4.39 Å². The molecule has 0 atom stereocenters. The lowest BCUT2D eigenvalue weighted by molar-refractivity contribution is 0.411. The SMILES string of the molecule is Cc1cc(-c2nc(N3CCC(CN)CC3)n[nH]2)ccc1F. The molecule has 5 nitrogen and oxygen atoms in total. The third kappa shape index (κ3) is 2.90. The number of nitrogens with two attached hydrogens (primary N) is 1. The van der Waals surface area contributed by atoms with E-state index in [4.69, 9.17) is 5.73 Å². The number of anilines is 1. The van der Waals surface area contributed by atoms with Gasteiger partial charge in [0, 0.05) is 18.7 Å². The molecule has 1 aromatic carbocycles. The number of piperidine rings is 1. The van der Waals surface area contributed by atoms with E-state index in [0.29, 0.717) is 23.3 Å². The summed E-state index contributed by atoms with van der Waals surface area (Å²) in [7, 11) is 0. The number of nitrogens with one attached hydrogen (secondary N) is 1. The first kappa shape index (κ1) is 14.0. The van der Waals surface area contributed by atoms with E-state index in [0.717, 1.165) is 38.0 Å². The Morgan fingerprint density at radius 1 is 1.38 bits per heavy atom. The fraction of sp³-hybridized carbons (Fsp3) is 0.467. The van der Waals surface area contributed by atoms with Gasteiger partial charge in [0.05, 0.1) is 0 Å². The normalized spacial score (nSPS) is 16.4. The van der Waals surface area contributed by atoms with E-state index in [1.165, 1.54) is 6.07 Å². The largest absolute Gasteiger partial charge is 0.340 e.